The Morgan fingerprint density at radius 2 is 1.76 bits per heavy atom. The van der Waals surface area contributed by atoms with Gasteiger partial charge in [0.15, 0.2) is 0 Å². The van der Waals surface area contributed by atoms with Crippen LogP contribution < -0.4 is 5.32 Å². The first-order chi connectivity index (χ1) is 9.95. The third-order valence-corrected chi connectivity index (χ3v) is 4.42. The van der Waals surface area contributed by atoms with Crippen molar-refractivity contribution in [3.63, 3.8) is 0 Å². The highest BCUT2D eigenvalue weighted by atomic mass is 79.9. The standard InChI is InChI=1S/C16H15BrFNOS/c1-10-7-12(17)8-11(2)16(10)19-15(20)9-21-14-5-3-13(18)4-6-14/h3-8H,9H2,1-2H3,(H,19,20). The first-order valence-electron chi connectivity index (χ1n) is 6.40. The highest BCUT2D eigenvalue weighted by Crippen LogP contribution is 2.25. The van der Waals surface area contributed by atoms with Crippen LogP contribution >= 0.6 is 27.7 Å². The molecule has 0 aliphatic heterocycles. The van der Waals surface area contributed by atoms with E-state index in [9.17, 15) is 9.18 Å². The molecule has 0 bridgehead atoms. The molecule has 0 aliphatic carbocycles. The maximum Gasteiger partial charge on any atom is 0.234 e. The average molecular weight is 368 g/mol. The molecule has 0 aromatic heterocycles. The summed E-state index contributed by atoms with van der Waals surface area (Å²) in [6.45, 7) is 3.92. The highest BCUT2D eigenvalue weighted by Gasteiger charge is 2.09. The van der Waals surface area contributed by atoms with Crippen LogP contribution in [0.5, 0.6) is 0 Å². The smallest absolute Gasteiger partial charge is 0.234 e. The molecular formula is C16H15BrFNOS. The van der Waals surface area contributed by atoms with Crippen LogP contribution in [0.4, 0.5) is 10.1 Å². The van der Waals surface area contributed by atoms with Crippen LogP contribution in [-0.4, -0.2) is 11.7 Å². The number of carbonyl (C=O) groups excluding carboxylic acids is 1. The zero-order valence-electron chi connectivity index (χ0n) is 11.7. The molecule has 0 saturated carbocycles. The second kappa shape index (κ2) is 7.09. The molecule has 0 unspecified atom stereocenters. The summed E-state index contributed by atoms with van der Waals surface area (Å²) >= 11 is 4.82. The summed E-state index contributed by atoms with van der Waals surface area (Å²) in [5.74, 6) is -0.0524. The van der Waals surface area contributed by atoms with Crippen molar-refractivity contribution < 1.29 is 9.18 Å². The Morgan fingerprint density at radius 1 is 1.19 bits per heavy atom. The lowest BCUT2D eigenvalue weighted by Crippen LogP contribution is -2.15. The number of rotatable bonds is 4. The number of halogens is 2. The SMILES string of the molecule is Cc1cc(Br)cc(C)c1NC(=O)CSc1ccc(F)cc1. The third kappa shape index (κ3) is 4.58. The number of amides is 1. The summed E-state index contributed by atoms with van der Waals surface area (Å²) in [7, 11) is 0. The fourth-order valence-electron chi connectivity index (χ4n) is 1.96. The van der Waals surface area contributed by atoms with Gasteiger partial charge in [-0.25, -0.2) is 4.39 Å². The summed E-state index contributed by atoms with van der Waals surface area (Å²) in [4.78, 5) is 12.9. The minimum absolute atomic E-state index is 0.0714. The van der Waals surface area contributed by atoms with Gasteiger partial charge in [0, 0.05) is 15.1 Å². The average Bonchev–Trinajstić information content (AvgIpc) is 2.42. The van der Waals surface area contributed by atoms with Crippen LogP contribution in [0, 0.1) is 19.7 Å². The van der Waals surface area contributed by atoms with Gasteiger partial charge in [-0.05, 0) is 61.4 Å². The second-order valence-electron chi connectivity index (χ2n) is 4.71. The van der Waals surface area contributed by atoms with E-state index in [4.69, 9.17) is 0 Å². The lowest BCUT2D eigenvalue weighted by Gasteiger charge is -2.12. The van der Waals surface area contributed by atoms with Gasteiger partial charge >= 0.3 is 0 Å². The van der Waals surface area contributed by atoms with Crippen molar-refractivity contribution in [2.45, 2.75) is 18.7 Å². The zero-order chi connectivity index (χ0) is 15.4. The fourth-order valence-corrected chi connectivity index (χ4v) is 3.35. The molecule has 21 heavy (non-hydrogen) atoms. The zero-order valence-corrected chi connectivity index (χ0v) is 14.1. The van der Waals surface area contributed by atoms with Crippen LogP contribution in [0.1, 0.15) is 11.1 Å². The number of nitrogens with one attached hydrogen (secondary N) is 1. The van der Waals surface area contributed by atoms with Crippen molar-refractivity contribution in [1.82, 2.24) is 0 Å². The third-order valence-electron chi connectivity index (χ3n) is 2.95. The maximum absolute atomic E-state index is 12.8. The highest BCUT2D eigenvalue weighted by molar-refractivity contribution is 9.10. The molecule has 1 N–H and O–H groups in total. The Morgan fingerprint density at radius 3 is 2.33 bits per heavy atom. The van der Waals surface area contributed by atoms with E-state index in [1.54, 1.807) is 12.1 Å². The van der Waals surface area contributed by atoms with Crippen LogP contribution in [0.2, 0.25) is 0 Å². The van der Waals surface area contributed by atoms with E-state index >= 15 is 0 Å². The lowest BCUT2D eigenvalue weighted by atomic mass is 10.1. The van der Waals surface area contributed by atoms with E-state index in [0.717, 1.165) is 26.2 Å². The Bertz CT molecular complexity index is 635. The van der Waals surface area contributed by atoms with Crippen LogP contribution in [0.3, 0.4) is 0 Å². The summed E-state index contributed by atoms with van der Waals surface area (Å²) in [6.07, 6.45) is 0. The van der Waals surface area contributed by atoms with Crippen molar-refractivity contribution in [2.75, 3.05) is 11.1 Å². The van der Waals surface area contributed by atoms with Gasteiger partial charge in [0.05, 0.1) is 5.75 Å². The molecule has 2 aromatic rings. The molecule has 110 valence electrons. The molecule has 2 aromatic carbocycles. The second-order valence-corrected chi connectivity index (χ2v) is 6.67. The molecule has 2 nitrogen and oxygen atoms in total. The van der Waals surface area contributed by atoms with Crippen molar-refractivity contribution >= 4 is 39.3 Å². The lowest BCUT2D eigenvalue weighted by molar-refractivity contribution is -0.113. The normalized spacial score (nSPS) is 10.5. The topological polar surface area (TPSA) is 29.1 Å². The number of hydrogen-bond donors (Lipinski definition) is 1. The summed E-state index contributed by atoms with van der Waals surface area (Å²) in [5.41, 5.74) is 2.88. The summed E-state index contributed by atoms with van der Waals surface area (Å²) in [6, 6.07) is 10.1. The van der Waals surface area contributed by atoms with Crippen LogP contribution in [0.25, 0.3) is 0 Å². The molecule has 0 atom stereocenters. The van der Waals surface area contributed by atoms with E-state index in [2.05, 4.69) is 21.2 Å². The molecule has 2 rings (SSSR count). The molecule has 0 heterocycles. The molecule has 5 heteroatoms. The predicted molar refractivity (Wildman–Crippen MR) is 89.4 cm³/mol. The number of thioether (sulfide) groups is 1. The molecule has 0 fully saturated rings. The molecule has 0 radical (unpaired) electrons. The van der Waals surface area contributed by atoms with Gasteiger partial charge < -0.3 is 5.32 Å². The van der Waals surface area contributed by atoms with E-state index in [1.165, 1.54) is 23.9 Å². The van der Waals surface area contributed by atoms with Gasteiger partial charge in [0.25, 0.3) is 0 Å². The van der Waals surface area contributed by atoms with E-state index in [0.29, 0.717) is 5.75 Å². The quantitative estimate of drug-likeness (QED) is 0.775. The Kier molecular flexibility index (Phi) is 5.42. The summed E-state index contributed by atoms with van der Waals surface area (Å²) in [5, 5.41) is 2.93. The largest absolute Gasteiger partial charge is 0.325 e. The van der Waals surface area contributed by atoms with Gasteiger partial charge in [-0.3, -0.25) is 4.79 Å². The minimum Gasteiger partial charge on any atom is -0.325 e. The van der Waals surface area contributed by atoms with Crippen molar-refractivity contribution in [2.24, 2.45) is 0 Å². The first-order valence-corrected chi connectivity index (χ1v) is 8.18. The molecule has 1 amide bonds. The van der Waals surface area contributed by atoms with Gasteiger partial charge in [-0.15, -0.1) is 11.8 Å². The van der Waals surface area contributed by atoms with Gasteiger partial charge in [-0.2, -0.15) is 0 Å². The Labute approximate surface area is 136 Å². The van der Waals surface area contributed by atoms with Gasteiger partial charge in [-0.1, -0.05) is 15.9 Å². The monoisotopic (exact) mass is 367 g/mol. The van der Waals surface area contributed by atoms with Crippen molar-refractivity contribution in [3.05, 3.63) is 57.8 Å². The van der Waals surface area contributed by atoms with E-state index < -0.39 is 0 Å². The van der Waals surface area contributed by atoms with Crippen LogP contribution in [-0.2, 0) is 4.79 Å². The van der Waals surface area contributed by atoms with Gasteiger partial charge in [0.2, 0.25) is 5.91 Å². The van der Waals surface area contributed by atoms with Gasteiger partial charge in [0.1, 0.15) is 5.82 Å². The Hall–Kier alpha value is -1.33. The van der Waals surface area contributed by atoms with E-state index in [1.807, 2.05) is 26.0 Å². The first kappa shape index (κ1) is 16.0. The maximum atomic E-state index is 12.8. The molecular weight excluding hydrogens is 353 g/mol. The van der Waals surface area contributed by atoms with Crippen molar-refractivity contribution in [1.29, 1.82) is 0 Å². The number of hydrogen-bond acceptors (Lipinski definition) is 2. The molecule has 0 spiro atoms. The minimum atomic E-state index is -0.273. The number of carbonyl (C=O) groups is 1. The molecule has 0 aliphatic rings. The van der Waals surface area contributed by atoms with Crippen molar-refractivity contribution in [3.8, 4) is 0 Å². The predicted octanol–water partition coefficient (Wildman–Crippen LogP) is 4.94. The summed E-state index contributed by atoms with van der Waals surface area (Å²) < 4.78 is 13.8. The number of benzene rings is 2. The van der Waals surface area contributed by atoms with Crippen LogP contribution in [0.15, 0.2) is 45.8 Å². The fraction of sp³-hybridized carbons (Fsp3) is 0.188. The molecule has 0 saturated heterocycles. The van der Waals surface area contributed by atoms with E-state index in [-0.39, 0.29) is 11.7 Å². The number of aryl methyl sites for hydroxylation is 2. The Balaban J connectivity index is 1.97. The number of anilines is 1.